The van der Waals surface area contributed by atoms with Gasteiger partial charge >= 0.3 is 11.9 Å². The van der Waals surface area contributed by atoms with Gasteiger partial charge in [-0.3, -0.25) is 0 Å². The smallest absolute Gasteiger partial charge is 0.357 e. The van der Waals surface area contributed by atoms with Crippen LogP contribution in [0.4, 0.5) is 0 Å². The van der Waals surface area contributed by atoms with Crippen molar-refractivity contribution in [2.24, 2.45) is 0 Å². The minimum absolute atomic E-state index is 0.0269. The average Bonchev–Trinajstić information content (AvgIpc) is 2.36. The SMILES string of the molecule is COC(=O)c1cc(CO)cnc1C(=O)OC. The Hall–Kier alpha value is -1.95. The van der Waals surface area contributed by atoms with Crippen molar-refractivity contribution in [3.8, 4) is 0 Å². The second-order valence-corrected chi connectivity index (χ2v) is 2.88. The highest BCUT2D eigenvalue weighted by Crippen LogP contribution is 2.11. The number of hydrogen-bond donors (Lipinski definition) is 1. The molecular weight excluding hydrogens is 214 g/mol. The number of methoxy groups -OCH3 is 2. The van der Waals surface area contributed by atoms with Gasteiger partial charge in [-0.25, -0.2) is 14.6 Å². The molecule has 16 heavy (non-hydrogen) atoms. The van der Waals surface area contributed by atoms with Crippen LogP contribution in [0.2, 0.25) is 0 Å². The first kappa shape index (κ1) is 12.1. The van der Waals surface area contributed by atoms with Crippen molar-refractivity contribution < 1.29 is 24.2 Å². The number of rotatable bonds is 3. The van der Waals surface area contributed by atoms with E-state index in [4.69, 9.17) is 5.11 Å². The molecule has 0 spiro atoms. The predicted octanol–water partition coefficient (Wildman–Crippen LogP) is 0.147. The van der Waals surface area contributed by atoms with E-state index >= 15 is 0 Å². The summed E-state index contributed by atoms with van der Waals surface area (Å²) in [6, 6.07) is 1.34. The average molecular weight is 225 g/mol. The monoisotopic (exact) mass is 225 g/mol. The van der Waals surface area contributed by atoms with Crippen molar-refractivity contribution in [1.29, 1.82) is 0 Å². The summed E-state index contributed by atoms with van der Waals surface area (Å²) in [6.45, 7) is -0.279. The first-order valence-electron chi connectivity index (χ1n) is 4.40. The van der Waals surface area contributed by atoms with Gasteiger partial charge in [0.1, 0.15) is 0 Å². The lowest BCUT2D eigenvalue weighted by molar-refractivity contribution is 0.0549. The van der Waals surface area contributed by atoms with E-state index in [0.717, 1.165) is 0 Å². The summed E-state index contributed by atoms with van der Waals surface area (Å²) in [7, 11) is 2.38. The molecule has 0 bridgehead atoms. The lowest BCUT2D eigenvalue weighted by atomic mass is 10.1. The molecule has 1 aromatic rings. The third-order valence-electron chi connectivity index (χ3n) is 1.91. The second-order valence-electron chi connectivity index (χ2n) is 2.88. The number of ether oxygens (including phenoxy) is 2. The summed E-state index contributed by atoms with van der Waals surface area (Å²) < 4.78 is 8.98. The first-order valence-corrected chi connectivity index (χ1v) is 4.40. The van der Waals surface area contributed by atoms with Gasteiger partial charge in [0.05, 0.1) is 26.4 Å². The molecule has 0 aliphatic heterocycles. The molecule has 1 N–H and O–H groups in total. The zero-order chi connectivity index (χ0) is 12.1. The number of aliphatic hydroxyl groups is 1. The fourth-order valence-electron chi connectivity index (χ4n) is 1.12. The third-order valence-corrected chi connectivity index (χ3v) is 1.91. The Kier molecular flexibility index (Phi) is 3.96. The molecule has 0 aliphatic carbocycles. The lowest BCUT2D eigenvalue weighted by Crippen LogP contribution is -2.14. The van der Waals surface area contributed by atoms with Crippen LogP contribution in [-0.2, 0) is 16.1 Å². The van der Waals surface area contributed by atoms with Gasteiger partial charge < -0.3 is 14.6 Å². The van der Waals surface area contributed by atoms with E-state index < -0.39 is 11.9 Å². The van der Waals surface area contributed by atoms with E-state index in [-0.39, 0.29) is 17.9 Å². The molecule has 1 aromatic heterocycles. The zero-order valence-corrected chi connectivity index (χ0v) is 8.89. The topological polar surface area (TPSA) is 85.7 Å². The molecule has 0 fully saturated rings. The Morgan fingerprint density at radius 1 is 1.31 bits per heavy atom. The van der Waals surface area contributed by atoms with Crippen molar-refractivity contribution in [3.05, 3.63) is 29.1 Å². The van der Waals surface area contributed by atoms with Crippen LogP contribution in [0.1, 0.15) is 26.4 Å². The largest absolute Gasteiger partial charge is 0.465 e. The number of carbonyl (C=O) groups is 2. The Bertz CT molecular complexity index is 416. The standard InChI is InChI=1S/C10H11NO5/c1-15-9(13)7-3-6(5-12)4-11-8(7)10(14)16-2/h3-4,12H,5H2,1-2H3. The molecule has 86 valence electrons. The number of carbonyl (C=O) groups excluding carboxylic acids is 2. The van der Waals surface area contributed by atoms with Crippen molar-refractivity contribution in [2.75, 3.05) is 14.2 Å². The maximum atomic E-state index is 11.4. The maximum Gasteiger partial charge on any atom is 0.357 e. The summed E-state index contributed by atoms with van der Waals surface area (Å²) in [5.41, 5.74) is 0.250. The molecule has 1 heterocycles. The quantitative estimate of drug-likeness (QED) is 0.737. The minimum atomic E-state index is -0.732. The molecule has 0 aromatic carbocycles. The van der Waals surface area contributed by atoms with Crippen molar-refractivity contribution in [3.63, 3.8) is 0 Å². The lowest BCUT2D eigenvalue weighted by Gasteiger charge is -2.06. The van der Waals surface area contributed by atoms with Crippen LogP contribution in [0.3, 0.4) is 0 Å². The van der Waals surface area contributed by atoms with E-state index in [1.54, 1.807) is 0 Å². The van der Waals surface area contributed by atoms with Gasteiger partial charge in [0.25, 0.3) is 0 Å². The van der Waals surface area contributed by atoms with Gasteiger partial charge in [-0.05, 0) is 11.6 Å². The summed E-state index contributed by atoms with van der Waals surface area (Å²) in [4.78, 5) is 26.4. The molecule has 6 heteroatoms. The third kappa shape index (κ3) is 2.34. The van der Waals surface area contributed by atoms with E-state index in [1.807, 2.05) is 0 Å². The van der Waals surface area contributed by atoms with E-state index in [2.05, 4.69) is 14.5 Å². The highest BCUT2D eigenvalue weighted by atomic mass is 16.5. The first-order chi connectivity index (χ1) is 7.63. The van der Waals surface area contributed by atoms with Gasteiger partial charge in [0, 0.05) is 6.20 Å². The Morgan fingerprint density at radius 2 is 1.94 bits per heavy atom. The molecule has 6 nitrogen and oxygen atoms in total. The van der Waals surface area contributed by atoms with Gasteiger partial charge in [0.2, 0.25) is 0 Å². The molecule has 0 saturated carbocycles. The van der Waals surface area contributed by atoms with Crippen LogP contribution >= 0.6 is 0 Å². The Balaban J connectivity index is 3.26. The molecule has 0 radical (unpaired) electrons. The highest BCUT2D eigenvalue weighted by molar-refractivity contribution is 6.01. The van der Waals surface area contributed by atoms with Gasteiger partial charge in [-0.1, -0.05) is 0 Å². The van der Waals surface area contributed by atoms with Crippen LogP contribution in [0.25, 0.3) is 0 Å². The molecule has 1 rings (SSSR count). The van der Waals surface area contributed by atoms with Crippen molar-refractivity contribution in [2.45, 2.75) is 6.61 Å². The van der Waals surface area contributed by atoms with E-state index in [9.17, 15) is 9.59 Å². The van der Waals surface area contributed by atoms with Gasteiger partial charge in [-0.15, -0.1) is 0 Å². The molecule has 0 amide bonds. The molecular formula is C10H11NO5. The van der Waals surface area contributed by atoms with E-state index in [1.165, 1.54) is 26.5 Å². The zero-order valence-electron chi connectivity index (χ0n) is 8.89. The van der Waals surface area contributed by atoms with Crippen molar-refractivity contribution >= 4 is 11.9 Å². The van der Waals surface area contributed by atoms with Crippen LogP contribution in [0.15, 0.2) is 12.3 Å². The normalized spacial score (nSPS) is 9.69. The number of hydrogen-bond acceptors (Lipinski definition) is 6. The molecule has 0 saturated heterocycles. The fourth-order valence-corrected chi connectivity index (χ4v) is 1.12. The molecule has 0 aliphatic rings. The Labute approximate surface area is 91.8 Å². The summed E-state index contributed by atoms with van der Waals surface area (Å²) in [5, 5.41) is 8.89. The molecule has 0 atom stereocenters. The second kappa shape index (κ2) is 5.22. The molecule has 0 unspecified atom stereocenters. The summed E-state index contributed by atoms with van der Waals surface area (Å²) >= 11 is 0. The van der Waals surface area contributed by atoms with Crippen LogP contribution < -0.4 is 0 Å². The number of esters is 2. The van der Waals surface area contributed by atoms with E-state index in [0.29, 0.717) is 5.56 Å². The number of pyridine rings is 1. The fraction of sp³-hybridized carbons (Fsp3) is 0.300. The summed E-state index contributed by atoms with van der Waals surface area (Å²) in [5.74, 6) is -1.44. The van der Waals surface area contributed by atoms with Gasteiger partial charge in [-0.2, -0.15) is 0 Å². The van der Waals surface area contributed by atoms with Gasteiger partial charge in [0.15, 0.2) is 5.69 Å². The van der Waals surface area contributed by atoms with Crippen LogP contribution in [-0.4, -0.2) is 36.2 Å². The maximum absolute atomic E-state index is 11.4. The number of aromatic nitrogens is 1. The number of nitrogens with zero attached hydrogens (tertiary/aromatic N) is 1. The highest BCUT2D eigenvalue weighted by Gasteiger charge is 2.20. The van der Waals surface area contributed by atoms with Crippen molar-refractivity contribution in [1.82, 2.24) is 4.98 Å². The minimum Gasteiger partial charge on any atom is -0.465 e. The van der Waals surface area contributed by atoms with Crippen LogP contribution in [0, 0.1) is 0 Å². The summed E-state index contributed by atoms with van der Waals surface area (Å²) in [6.07, 6.45) is 1.29. The predicted molar refractivity (Wildman–Crippen MR) is 52.8 cm³/mol. The number of aliphatic hydroxyl groups excluding tert-OH is 1. The Morgan fingerprint density at radius 3 is 2.44 bits per heavy atom. The van der Waals surface area contributed by atoms with Crippen LogP contribution in [0.5, 0.6) is 0 Å².